The van der Waals surface area contributed by atoms with E-state index >= 15 is 0 Å². The second-order valence-electron chi connectivity index (χ2n) is 5.01. The van der Waals surface area contributed by atoms with E-state index in [0.29, 0.717) is 9.69 Å². The van der Waals surface area contributed by atoms with Gasteiger partial charge < -0.3 is 9.73 Å². The van der Waals surface area contributed by atoms with Crippen molar-refractivity contribution in [2.75, 3.05) is 5.32 Å². The minimum atomic E-state index is -0.489. The molecule has 1 aliphatic heterocycles. The number of hydrogen-bond donors (Lipinski definition) is 1. The summed E-state index contributed by atoms with van der Waals surface area (Å²) in [6, 6.07) is 9.30. The summed E-state index contributed by atoms with van der Waals surface area (Å²) in [5, 5.41) is 3.59. The van der Waals surface area contributed by atoms with Crippen LogP contribution >= 0.6 is 27.5 Å². The maximum atomic E-state index is 12.3. The summed E-state index contributed by atoms with van der Waals surface area (Å²) in [5.74, 6) is 0.982. The molecule has 1 amide bonds. The molecule has 1 aromatic carbocycles. The van der Waals surface area contributed by atoms with E-state index in [0.717, 1.165) is 23.4 Å². The average molecular weight is 339 g/mol. The highest BCUT2D eigenvalue weighted by Crippen LogP contribution is 2.65. The SMILES string of the molecule is O=C1Nc2ccc(Cl)cc2C12CC2c1ccc(Br)o1. The minimum absolute atomic E-state index is 0.0438. The molecule has 1 N–H and O–H groups in total. The van der Waals surface area contributed by atoms with Gasteiger partial charge in [0.05, 0.1) is 5.41 Å². The third kappa shape index (κ3) is 1.47. The van der Waals surface area contributed by atoms with Gasteiger partial charge in [0.1, 0.15) is 5.76 Å². The van der Waals surface area contributed by atoms with E-state index in [1.165, 1.54) is 0 Å². The van der Waals surface area contributed by atoms with Gasteiger partial charge >= 0.3 is 0 Å². The van der Waals surface area contributed by atoms with Gasteiger partial charge in [0.15, 0.2) is 4.67 Å². The second kappa shape index (κ2) is 3.64. The van der Waals surface area contributed by atoms with Gasteiger partial charge in [0, 0.05) is 16.6 Å². The van der Waals surface area contributed by atoms with E-state index in [-0.39, 0.29) is 11.8 Å². The standard InChI is InChI=1S/C14H9BrClNO2/c15-12-4-3-11(19-12)9-6-14(9)8-5-7(16)1-2-10(8)17-13(14)18/h1-5,9H,6H2,(H,17,18). The molecule has 0 bridgehead atoms. The van der Waals surface area contributed by atoms with Crippen LogP contribution in [0, 0.1) is 0 Å². The zero-order valence-electron chi connectivity index (χ0n) is 9.74. The maximum absolute atomic E-state index is 12.3. The summed E-state index contributed by atoms with van der Waals surface area (Å²) < 4.78 is 6.28. The third-order valence-corrected chi connectivity index (χ3v) is 4.68. The Morgan fingerprint density at radius 1 is 1.37 bits per heavy atom. The van der Waals surface area contributed by atoms with Crippen molar-refractivity contribution in [2.24, 2.45) is 0 Å². The predicted octanol–water partition coefficient (Wildman–Crippen LogP) is 4.07. The third-order valence-electron chi connectivity index (χ3n) is 4.01. The largest absolute Gasteiger partial charge is 0.454 e. The Balaban J connectivity index is 1.82. The Morgan fingerprint density at radius 2 is 2.21 bits per heavy atom. The normalized spacial score (nSPS) is 27.5. The highest BCUT2D eigenvalue weighted by Gasteiger charge is 2.66. The Bertz CT molecular complexity index is 711. The first-order valence-electron chi connectivity index (χ1n) is 5.98. The van der Waals surface area contributed by atoms with Crippen LogP contribution in [0.25, 0.3) is 0 Å². The lowest BCUT2D eigenvalue weighted by atomic mass is 9.94. The van der Waals surface area contributed by atoms with Gasteiger partial charge in [-0.3, -0.25) is 4.79 Å². The summed E-state index contributed by atoms with van der Waals surface area (Å²) in [4.78, 5) is 12.3. The topological polar surface area (TPSA) is 42.2 Å². The lowest BCUT2D eigenvalue weighted by Gasteiger charge is -2.07. The van der Waals surface area contributed by atoms with Crippen molar-refractivity contribution in [3.05, 3.63) is 51.3 Å². The molecule has 0 radical (unpaired) electrons. The van der Waals surface area contributed by atoms with Gasteiger partial charge in [-0.15, -0.1) is 0 Å². The van der Waals surface area contributed by atoms with Crippen molar-refractivity contribution in [1.82, 2.24) is 0 Å². The predicted molar refractivity (Wildman–Crippen MR) is 75.5 cm³/mol. The van der Waals surface area contributed by atoms with Crippen molar-refractivity contribution >= 4 is 39.1 Å². The van der Waals surface area contributed by atoms with E-state index in [4.69, 9.17) is 16.0 Å². The van der Waals surface area contributed by atoms with E-state index in [2.05, 4.69) is 21.2 Å². The molecule has 2 heterocycles. The molecule has 0 saturated heterocycles. The summed E-state index contributed by atoms with van der Waals surface area (Å²) in [5.41, 5.74) is 1.36. The van der Waals surface area contributed by atoms with E-state index < -0.39 is 5.41 Å². The average Bonchev–Trinajstić information content (AvgIpc) is 2.90. The number of halogens is 2. The van der Waals surface area contributed by atoms with Gasteiger partial charge in [-0.1, -0.05) is 11.6 Å². The first kappa shape index (κ1) is 11.6. The van der Waals surface area contributed by atoms with Crippen LogP contribution in [0.3, 0.4) is 0 Å². The molecule has 5 heteroatoms. The quantitative estimate of drug-likeness (QED) is 0.851. The zero-order valence-corrected chi connectivity index (χ0v) is 12.1. The molecule has 1 aromatic heterocycles. The molecule has 2 aromatic rings. The molecule has 4 rings (SSSR count). The summed E-state index contributed by atoms with van der Waals surface area (Å²) in [6.45, 7) is 0. The Morgan fingerprint density at radius 3 is 2.95 bits per heavy atom. The van der Waals surface area contributed by atoms with Gasteiger partial charge in [0.25, 0.3) is 0 Å². The number of fused-ring (bicyclic) bond motifs is 2. The Kier molecular flexibility index (Phi) is 2.22. The fourth-order valence-electron chi connectivity index (χ4n) is 3.02. The van der Waals surface area contributed by atoms with Crippen LogP contribution in [0.2, 0.25) is 5.02 Å². The number of carbonyl (C=O) groups excluding carboxylic acids is 1. The molecular formula is C14H9BrClNO2. The number of carbonyl (C=O) groups is 1. The van der Waals surface area contributed by atoms with Crippen molar-refractivity contribution in [1.29, 1.82) is 0 Å². The van der Waals surface area contributed by atoms with Crippen LogP contribution in [-0.4, -0.2) is 5.91 Å². The van der Waals surface area contributed by atoms with Crippen molar-refractivity contribution in [2.45, 2.75) is 17.8 Å². The Hall–Kier alpha value is -1.26. The van der Waals surface area contributed by atoms with Crippen LogP contribution in [0.15, 0.2) is 39.4 Å². The highest BCUT2D eigenvalue weighted by molar-refractivity contribution is 9.10. The molecule has 1 aliphatic carbocycles. The molecule has 1 spiro atoms. The number of furan rings is 1. The number of amides is 1. The molecule has 19 heavy (non-hydrogen) atoms. The number of rotatable bonds is 1. The van der Waals surface area contributed by atoms with Crippen molar-refractivity contribution in [3.8, 4) is 0 Å². The van der Waals surface area contributed by atoms with Crippen LogP contribution in [0.1, 0.15) is 23.7 Å². The lowest BCUT2D eigenvalue weighted by Crippen LogP contribution is -2.20. The number of benzene rings is 1. The maximum Gasteiger partial charge on any atom is 0.235 e. The van der Waals surface area contributed by atoms with Crippen molar-refractivity contribution in [3.63, 3.8) is 0 Å². The van der Waals surface area contributed by atoms with E-state index in [1.807, 2.05) is 24.3 Å². The second-order valence-corrected chi connectivity index (χ2v) is 6.23. The van der Waals surface area contributed by atoms with Gasteiger partial charge in [-0.05, 0) is 58.2 Å². The molecule has 96 valence electrons. The summed E-state index contributed by atoms with van der Waals surface area (Å²) in [7, 11) is 0. The van der Waals surface area contributed by atoms with Crippen LogP contribution in [0.5, 0.6) is 0 Å². The Labute approximate surface area is 123 Å². The van der Waals surface area contributed by atoms with Crippen LogP contribution in [-0.2, 0) is 10.2 Å². The van der Waals surface area contributed by atoms with Crippen LogP contribution < -0.4 is 5.32 Å². The molecular weight excluding hydrogens is 330 g/mol. The zero-order chi connectivity index (χ0) is 13.2. The number of hydrogen-bond acceptors (Lipinski definition) is 2. The highest BCUT2D eigenvalue weighted by atomic mass is 79.9. The summed E-state index contributed by atoms with van der Waals surface area (Å²) in [6.07, 6.45) is 0.770. The molecule has 2 unspecified atom stereocenters. The molecule has 1 saturated carbocycles. The summed E-state index contributed by atoms with van der Waals surface area (Å²) >= 11 is 9.35. The molecule has 3 nitrogen and oxygen atoms in total. The van der Waals surface area contributed by atoms with E-state index in [1.54, 1.807) is 6.07 Å². The first-order chi connectivity index (χ1) is 9.11. The monoisotopic (exact) mass is 337 g/mol. The first-order valence-corrected chi connectivity index (χ1v) is 7.15. The van der Waals surface area contributed by atoms with Crippen molar-refractivity contribution < 1.29 is 9.21 Å². The van der Waals surface area contributed by atoms with Crippen LogP contribution in [0.4, 0.5) is 5.69 Å². The molecule has 1 fully saturated rings. The minimum Gasteiger partial charge on any atom is -0.454 e. The lowest BCUT2D eigenvalue weighted by molar-refractivity contribution is -0.118. The van der Waals surface area contributed by atoms with Gasteiger partial charge in [0.2, 0.25) is 5.91 Å². The van der Waals surface area contributed by atoms with E-state index in [9.17, 15) is 4.79 Å². The fraction of sp³-hybridized carbons (Fsp3) is 0.214. The number of nitrogens with one attached hydrogen (secondary N) is 1. The molecule has 2 aliphatic rings. The van der Waals surface area contributed by atoms with Gasteiger partial charge in [-0.2, -0.15) is 0 Å². The number of anilines is 1. The smallest absolute Gasteiger partial charge is 0.235 e. The molecule has 2 atom stereocenters. The van der Waals surface area contributed by atoms with Gasteiger partial charge in [-0.25, -0.2) is 0 Å². The fourth-order valence-corrected chi connectivity index (χ4v) is 3.51.